The first-order chi connectivity index (χ1) is 9.75. The molecule has 1 rings (SSSR count). The predicted octanol–water partition coefficient (Wildman–Crippen LogP) is 1.76. The minimum Gasteiger partial charge on any atom is -0.327 e. The topological polar surface area (TPSA) is 101 Å². The van der Waals surface area contributed by atoms with E-state index in [4.69, 9.17) is 5.73 Å². The van der Waals surface area contributed by atoms with E-state index in [-0.39, 0.29) is 23.6 Å². The van der Waals surface area contributed by atoms with E-state index in [9.17, 15) is 13.2 Å². The molecule has 0 bridgehead atoms. The maximum absolute atomic E-state index is 11.9. The van der Waals surface area contributed by atoms with Crippen LogP contribution in [0, 0.1) is 5.92 Å². The Morgan fingerprint density at radius 3 is 2.19 bits per heavy atom. The minimum atomic E-state index is -3.30. The molecule has 0 aromatic heterocycles. The molecule has 118 valence electrons. The van der Waals surface area contributed by atoms with E-state index in [1.807, 2.05) is 0 Å². The van der Waals surface area contributed by atoms with Crippen molar-refractivity contribution in [1.29, 1.82) is 0 Å². The normalized spacial score (nSPS) is 14.3. The van der Waals surface area contributed by atoms with Gasteiger partial charge in [0.25, 0.3) is 0 Å². The van der Waals surface area contributed by atoms with Gasteiger partial charge >= 0.3 is 0 Å². The highest BCUT2D eigenvalue weighted by Gasteiger charge is 2.17. The molecule has 1 aromatic rings. The SMILES string of the molecule is CCCS(=O)(=O)Nc1ccc(NC(=O)C(C)C(C)N)cc1. The molecule has 0 saturated heterocycles. The molecule has 0 spiro atoms. The first-order valence-electron chi connectivity index (χ1n) is 6.92. The third-order valence-corrected chi connectivity index (χ3v) is 4.59. The molecular weight excluding hydrogens is 290 g/mol. The number of anilines is 2. The summed E-state index contributed by atoms with van der Waals surface area (Å²) in [5, 5.41) is 2.74. The van der Waals surface area contributed by atoms with Crippen molar-refractivity contribution < 1.29 is 13.2 Å². The average molecular weight is 313 g/mol. The summed E-state index contributed by atoms with van der Waals surface area (Å²) in [5.74, 6) is -0.380. The number of carbonyl (C=O) groups excluding carboxylic acids is 1. The van der Waals surface area contributed by atoms with Gasteiger partial charge in [-0.3, -0.25) is 9.52 Å². The lowest BCUT2D eigenvalue weighted by Crippen LogP contribution is -2.34. The third kappa shape index (κ3) is 5.73. The Labute approximate surface area is 126 Å². The highest BCUT2D eigenvalue weighted by Crippen LogP contribution is 2.16. The van der Waals surface area contributed by atoms with E-state index < -0.39 is 10.0 Å². The van der Waals surface area contributed by atoms with E-state index in [2.05, 4.69) is 10.0 Å². The van der Waals surface area contributed by atoms with Gasteiger partial charge in [-0.15, -0.1) is 0 Å². The Morgan fingerprint density at radius 1 is 1.19 bits per heavy atom. The number of amides is 1. The molecule has 0 fully saturated rings. The largest absolute Gasteiger partial charge is 0.327 e. The van der Waals surface area contributed by atoms with Crippen molar-refractivity contribution in [3.05, 3.63) is 24.3 Å². The van der Waals surface area contributed by atoms with Crippen molar-refractivity contribution in [2.45, 2.75) is 33.2 Å². The van der Waals surface area contributed by atoms with Gasteiger partial charge in [0.05, 0.1) is 11.7 Å². The van der Waals surface area contributed by atoms with Crippen LogP contribution < -0.4 is 15.8 Å². The fourth-order valence-electron chi connectivity index (χ4n) is 1.62. The van der Waals surface area contributed by atoms with Crippen molar-refractivity contribution in [3.63, 3.8) is 0 Å². The van der Waals surface area contributed by atoms with Gasteiger partial charge in [-0.25, -0.2) is 8.42 Å². The summed E-state index contributed by atoms with van der Waals surface area (Å²) in [7, 11) is -3.30. The molecule has 0 aliphatic heterocycles. The lowest BCUT2D eigenvalue weighted by molar-refractivity contribution is -0.119. The maximum Gasteiger partial charge on any atom is 0.232 e. The van der Waals surface area contributed by atoms with Gasteiger partial charge in [0.15, 0.2) is 0 Å². The Hall–Kier alpha value is -1.60. The molecule has 0 aliphatic rings. The Bertz CT molecular complexity index is 568. The maximum atomic E-state index is 11.9. The molecule has 4 N–H and O–H groups in total. The van der Waals surface area contributed by atoms with Crippen LogP contribution in [0.3, 0.4) is 0 Å². The van der Waals surface area contributed by atoms with Gasteiger partial charge < -0.3 is 11.1 Å². The Morgan fingerprint density at radius 2 is 1.71 bits per heavy atom. The molecule has 2 unspecified atom stereocenters. The Kier molecular flexibility index (Phi) is 6.17. The zero-order valence-corrected chi connectivity index (χ0v) is 13.4. The summed E-state index contributed by atoms with van der Waals surface area (Å²) in [6.07, 6.45) is 0.554. The van der Waals surface area contributed by atoms with Crippen molar-refractivity contribution in [2.24, 2.45) is 11.7 Å². The van der Waals surface area contributed by atoms with Crippen LogP contribution in [0.25, 0.3) is 0 Å². The molecule has 6 nitrogen and oxygen atoms in total. The van der Waals surface area contributed by atoms with Crippen LogP contribution in [0.5, 0.6) is 0 Å². The fraction of sp³-hybridized carbons (Fsp3) is 0.500. The van der Waals surface area contributed by atoms with Crippen molar-refractivity contribution in [2.75, 3.05) is 15.8 Å². The van der Waals surface area contributed by atoms with E-state index in [0.717, 1.165) is 0 Å². The Balaban J connectivity index is 2.69. The van der Waals surface area contributed by atoms with Crippen LogP contribution in [-0.4, -0.2) is 26.1 Å². The highest BCUT2D eigenvalue weighted by atomic mass is 32.2. The first-order valence-corrected chi connectivity index (χ1v) is 8.57. The summed E-state index contributed by atoms with van der Waals surface area (Å²) in [6.45, 7) is 5.33. The van der Waals surface area contributed by atoms with Crippen molar-refractivity contribution in [3.8, 4) is 0 Å². The second kappa shape index (κ2) is 7.42. The third-order valence-electron chi connectivity index (χ3n) is 3.10. The molecule has 0 saturated carbocycles. The monoisotopic (exact) mass is 313 g/mol. The molecular formula is C14H23N3O3S. The summed E-state index contributed by atoms with van der Waals surface area (Å²) in [4.78, 5) is 11.9. The predicted molar refractivity (Wildman–Crippen MR) is 85.6 cm³/mol. The van der Waals surface area contributed by atoms with E-state index in [1.165, 1.54) is 0 Å². The average Bonchev–Trinajstić information content (AvgIpc) is 2.39. The second-order valence-electron chi connectivity index (χ2n) is 5.14. The van der Waals surface area contributed by atoms with Gasteiger partial charge in [0.2, 0.25) is 15.9 Å². The number of carbonyl (C=O) groups is 1. The van der Waals surface area contributed by atoms with E-state index in [1.54, 1.807) is 45.0 Å². The zero-order valence-electron chi connectivity index (χ0n) is 12.6. The summed E-state index contributed by atoms with van der Waals surface area (Å²) in [5.41, 5.74) is 6.75. The van der Waals surface area contributed by atoms with Crippen LogP contribution in [0.15, 0.2) is 24.3 Å². The van der Waals surface area contributed by atoms with Crippen LogP contribution in [0.4, 0.5) is 11.4 Å². The van der Waals surface area contributed by atoms with Gasteiger partial charge in [0.1, 0.15) is 0 Å². The zero-order chi connectivity index (χ0) is 16.0. The summed E-state index contributed by atoms with van der Waals surface area (Å²) >= 11 is 0. The minimum absolute atomic E-state index is 0.0807. The van der Waals surface area contributed by atoms with Gasteiger partial charge in [-0.2, -0.15) is 0 Å². The lowest BCUT2D eigenvalue weighted by Gasteiger charge is -2.15. The number of benzene rings is 1. The number of hydrogen-bond donors (Lipinski definition) is 3. The van der Waals surface area contributed by atoms with Gasteiger partial charge in [-0.1, -0.05) is 13.8 Å². The molecule has 0 radical (unpaired) electrons. The lowest BCUT2D eigenvalue weighted by atomic mass is 10.0. The summed E-state index contributed by atoms with van der Waals surface area (Å²) in [6, 6.07) is 6.29. The van der Waals surface area contributed by atoms with Crippen molar-refractivity contribution in [1.82, 2.24) is 0 Å². The first kappa shape index (κ1) is 17.5. The number of sulfonamides is 1. The van der Waals surface area contributed by atoms with Crippen LogP contribution in [0.2, 0.25) is 0 Å². The van der Waals surface area contributed by atoms with Crippen LogP contribution >= 0.6 is 0 Å². The molecule has 2 atom stereocenters. The van der Waals surface area contributed by atoms with Crippen LogP contribution in [-0.2, 0) is 14.8 Å². The highest BCUT2D eigenvalue weighted by molar-refractivity contribution is 7.92. The smallest absolute Gasteiger partial charge is 0.232 e. The molecule has 1 aromatic carbocycles. The number of nitrogens with two attached hydrogens (primary N) is 1. The van der Waals surface area contributed by atoms with E-state index >= 15 is 0 Å². The molecule has 0 aliphatic carbocycles. The molecule has 7 heteroatoms. The molecule has 0 heterocycles. The van der Waals surface area contributed by atoms with Crippen molar-refractivity contribution >= 4 is 27.3 Å². The van der Waals surface area contributed by atoms with Gasteiger partial charge in [-0.05, 0) is 37.6 Å². The second-order valence-corrected chi connectivity index (χ2v) is 6.98. The number of hydrogen-bond acceptors (Lipinski definition) is 4. The van der Waals surface area contributed by atoms with Crippen LogP contribution in [0.1, 0.15) is 27.2 Å². The summed E-state index contributed by atoms with van der Waals surface area (Å²) < 4.78 is 25.7. The number of nitrogens with one attached hydrogen (secondary N) is 2. The quantitative estimate of drug-likeness (QED) is 0.714. The van der Waals surface area contributed by atoms with Gasteiger partial charge in [0, 0.05) is 17.4 Å². The fourth-order valence-corrected chi connectivity index (χ4v) is 2.75. The number of rotatable bonds is 7. The standard InChI is InChI=1S/C14H23N3O3S/c1-4-9-21(19,20)17-13-7-5-12(6-8-13)16-14(18)10(2)11(3)15/h5-8,10-11,17H,4,9,15H2,1-3H3,(H,16,18). The molecule has 1 amide bonds. The van der Waals surface area contributed by atoms with E-state index in [0.29, 0.717) is 17.8 Å². The molecule has 21 heavy (non-hydrogen) atoms.